The Bertz CT molecular complexity index is 606. The summed E-state index contributed by atoms with van der Waals surface area (Å²) in [5, 5.41) is 0. The van der Waals surface area contributed by atoms with E-state index in [2.05, 4.69) is 4.40 Å². The summed E-state index contributed by atoms with van der Waals surface area (Å²) in [5.74, 6) is 1.51. The fourth-order valence-corrected chi connectivity index (χ4v) is 2.08. The molecule has 0 radical (unpaired) electrons. The smallest absolute Gasteiger partial charge is 0.144 e. The third-order valence-electron chi connectivity index (χ3n) is 2.66. The van der Waals surface area contributed by atoms with Gasteiger partial charge in [0.2, 0.25) is 0 Å². The molecule has 21 heavy (non-hydrogen) atoms. The van der Waals surface area contributed by atoms with E-state index in [-0.39, 0.29) is 4.75 Å². The summed E-state index contributed by atoms with van der Waals surface area (Å²) in [5.41, 5.74) is 0.862. The molecular formula is C17H19NO2S. The zero-order valence-corrected chi connectivity index (χ0v) is 13.3. The van der Waals surface area contributed by atoms with Crippen LogP contribution in [0.3, 0.4) is 0 Å². The van der Waals surface area contributed by atoms with Crippen molar-refractivity contribution >= 4 is 17.6 Å². The van der Waals surface area contributed by atoms with E-state index < -0.39 is 11.4 Å². The minimum absolute atomic E-state index is 0.353. The van der Waals surface area contributed by atoms with E-state index in [4.69, 9.17) is 4.74 Å². The second-order valence-corrected chi connectivity index (χ2v) is 7.52. The van der Waals surface area contributed by atoms with E-state index >= 15 is 0 Å². The summed E-state index contributed by atoms with van der Waals surface area (Å²) in [6.45, 7) is 5.69. The average Bonchev–Trinajstić information content (AvgIpc) is 2.45. The SMILES string of the molecule is CC(C)(C)[S+]([O-])N=Cc1cccc(Oc2ccccc2)c1. The molecular weight excluding hydrogens is 282 g/mol. The molecule has 0 fully saturated rings. The third kappa shape index (κ3) is 4.92. The van der Waals surface area contributed by atoms with Crippen LogP contribution in [-0.2, 0) is 11.4 Å². The Hall–Kier alpha value is -1.78. The van der Waals surface area contributed by atoms with E-state index in [9.17, 15) is 4.55 Å². The van der Waals surface area contributed by atoms with Gasteiger partial charge < -0.3 is 9.29 Å². The lowest BCUT2D eigenvalue weighted by Gasteiger charge is -2.17. The largest absolute Gasteiger partial charge is 0.591 e. The van der Waals surface area contributed by atoms with Gasteiger partial charge in [-0.05, 0) is 45.0 Å². The molecule has 0 aliphatic heterocycles. The zero-order valence-electron chi connectivity index (χ0n) is 12.4. The van der Waals surface area contributed by atoms with E-state index in [0.717, 1.165) is 17.1 Å². The van der Waals surface area contributed by atoms with Crippen molar-refractivity contribution in [3.63, 3.8) is 0 Å². The standard InChI is InChI=1S/C17H19NO2S/c1-17(2,3)21(19)18-13-14-8-7-11-16(12-14)20-15-9-5-4-6-10-15/h4-13H,1-3H3. The molecule has 2 aromatic carbocycles. The molecule has 0 aliphatic rings. The van der Waals surface area contributed by atoms with Gasteiger partial charge in [-0.15, -0.1) is 0 Å². The monoisotopic (exact) mass is 301 g/mol. The number of hydrogen-bond donors (Lipinski definition) is 0. The van der Waals surface area contributed by atoms with Crippen LogP contribution in [-0.4, -0.2) is 15.5 Å². The molecule has 0 saturated carbocycles. The lowest BCUT2D eigenvalue weighted by Crippen LogP contribution is -2.25. The van der Waals surface area contributed by atoms with Gasteiger partial charge in [0.25, 0.3) is 0 Å². The van der Waals surface area contributed by atoms with E-state index in [1.807, 2.05) is 75.4 Å². The zero-order chi connectivity index (χ0) is 15.3. The molecule has 4 heteroatoms. The van der Waals surface area contributed by atoms with Crippen molar-refractivity contribution in [3.05, 3.63) is 60.2 Å². The lowest BCUT2D eigenvalue weighted by atomic mass is 10.2. The Balaban J connectivity index is 2.09. The van der Waals surface area contributed by atoms with Crippen LogP contribution in [0, 0.1) is 0 Å². The molecule has 0 aromatic heterocycles. The first kappa shape index (κ1) is 15.6. The summed E-state index contributed by atoms with van der Waals surface area (Å²) in [4.78, 5) is 0. The number of benzene rings is 2. The summed E-state index contributed by atoms with van der Waals surface area (Å²) >= 11 is -1.25. The molecule has 0 amide bonds. The number of nitrogens with zero attached hydrogens (tertiary/aromatic N) is 1. The third-order valence-corrected chi connectivity index (χ3v) is 4.00. The summed E-state index contributed by atoms with van der Waals surface area (Å²) in [6.07, 6.45) is 1.62. The van der Waals surface area contributed by atoms with Gasteiger partial charge in [0.1, 0.15) is 27.6 Å². The predicted molar refractivity (Wildman–Crippen MR) is 88.4 cm³/mol. The van der Waals surface area contributed by atoms with Gasteiger partial charge in [0.15, 0.2) is 0 Å². The van der Waals surface area contributed by atoms with Crippen LogP contribution in [0.2, 0.25) is 0 Å². The summed E-state index contributed by atoms with van der Waals surface area (Å²) in [7, 11) is 0. The first-order valence-electron chi connectivity index (χ1n) is 6.74. The second kappa shape index (κ2) is 6.78. The highest BCUT2D eigenvalue weighted by Crippen LogP contribution is 2.22. The van der Waals surface area contributed by atoms with Gasteiger partial charge in [-0.3, -0.25) is 0 Å². The van der Waals surface area contributed by atoms with Crippen molar-refractivity contribution in [2.45, 2.75) is 25.5 Å². The minimum atomic E-state index is -1.25. The van der Waals surface area contributed by atoms with Gasteiger partial charge in [-0.25, -0.2) is 0 Å². The molecule has 2 rings (SSSR count). The number of para-hydroxylation sites is 1. The molecule has 0 heterocycles. The summed E-state index contributed by atoms with van der Waals surface area (Å²) < 4.78 is 21.4. The molecule has 0 bridgehead atoms. The molecule has 3 nitrogen and oxygen atoms in total. The number of ether oxygens (including phenoxy) is 1. The Morgan fingerprint density at radius 3 is 2.33 bits per heavy atom. The van der Waals surface area contributed by atoms with Gasteiger partial charge in [-0.2, -0.15) is 0 Å². The lowest BCUT2D eigenvalue weighted by molar-refractivity contribution is 0.482. The maximum atomic E-state index is 11.9. The maximum absolute atomic E-state index is 11.9. The van der Waals surface area contributed by atoms with Crippen LogP contribution in [0.25, 0.3) is 0 Å². The van der Waals surface area contributed by atoms with E-state index in [1.54, 1.807) is 6.21 Å². The fourth-order valence-electron chi connectivity index (χ4n) is 1.55. The molecule has 0 spiro atoms. The Kier molecular flexibility index (Phi) is 5.04. The predicted octanol–water partition coefficient (Wildman–Crippen LogP) is 4.36. The van der Waals surface area contributed by atoms with E-state index in [0.29, 0.717) is 0 Å². The fraction of sp³-hybridized carbons (Fsp3) is 0.235. The van der Waals surface area contributed by atoms with Crippen LogP contribution in [0.1, 0.15) is 26.3 Å². The van der Waals surface area contributed by atoms with Crippen LogP contribution >= 0.6 is 0 Å². The van der Waals surface area contributed by atoms with Crippen LogP contribution in [0.15, 0.2) is 59.0 Å². The number of rotatable bonds is 4. The van der Waals surface area contributed by atoms with Crippen molar-refractivity contribution in [1.82, 2.24) is 0 Å². The second-order valence-electron chi connectivity index (χ2n) is 5.58. The van der Waals surface area contributed by atoms with Crippen molar-refractivity contribution in [2.24, 2.45) is 4.40 Å². The molecule has 1 atom stereocenters. The highest BCUT2D eigenvalue weighted by atomic mass is 32.2. The molecule has 0 saturated heterocycles. The quantitative estimate of drug-likeness (QED) is 0.622. The van der Waals surface area contributed by atoms with Crippen LogP contribution in [0.5, 0.6) is 11.5 Å². The Morgan fingerprint density at radius 1 is 1.00 bits per heavy atom. The molecule has 2 aromatic rings. The van der Waals surface area contributed by atoms with E-state index in [1.165, 1.54) is 0 Å². The average molecular weight is 301 g/mol. The topological polar surface area (TPSA) is 44.7 Å². The van der Waals surface area contributed by atoms with Gasteiger partial charge in [-0.1, -0.05) is 34.7 Å². The van der Waals surface area contributed by atoms with Crippen molar-refractivity contribution in [1.29, 1.82) is 0 Å². The van der Waals surface area contributed by atoms with Gasteiger partial charge in [0, 0.05) is 5.56 Å². The van der Waals surface area contributed by atoms with Gasteiger partial charge in [0.05, 0.1) is 6.21 Å². The van der Waals surface area contributed by atoms with Crippen molar-refractivity contribution in [2.75, 3.05) is 0 Å². The molecule has 1 unspecified atom stereocenters. The highest BCUT2D eigenvalue weighted by molar-refractivity contribution is 7.91. The molecule has 0 N–H and O–H groups in total. The maximum Gasteiger partial charge on any atom is 0.144 e. The summed E-state index contributed by atoms with van der Waals surface area (Å²) in [6, 6.07) is 17.1. The highest BCUT2D eigenvalue weighted by Gasteiger charge is 2.25. The number of hydrogen-bond acceptors (Lipinski definition) is 3. The van der Waals surface area contributed by atoms with Crippen LogP contribution in [0.4, 0.5) is 0 Å². The molecule has 110 valence electrons. The van der Waals surface area contributed by atoms with Crippen molar-refractivity contribution < 1.29 is 9.29 Å². The molecule has 0 aliphatic carbocycles. The normalized spacial score (nSPS) is 13.3. The first-order chi connectivity index (χ1) is 9.95. The first-order valence-corrected chi connectivity index (χ1v) is 7.85. The van der Waals surface area contributed by atoms with Crippen LogP contribution < -0.4 is 4.74 Å². The minimum Gasteiger partial charge on any atom is -0.591 e. The van der Waals surface area contributed by atoms with Crippen molar-refractivity contribution in [3.8, 4) is 11.5 Å². The Labute approximate surface area is 129 Å². The Morgan fingerprint density at radius 2 is 1.67 bits per heavy atom. The van der Waals surface area contributed by atoms with Gasteiger partial charge >= 0.3 is 0 Å².